The average Bonchev–Trinajstić information content (AvgIpc) is 3.58. The summed E-state index contributed by atoms with van der Waals surface area (Å²) in [5, 5.41) is 3.53. The van der Waals surface area contributed by atoms with E-state index in [1.54, 1.807) is 29.2 Å². The average molecular weight is 452 g/mol. The largest absolute Gasteiger partial charge is 0.376 e. The van der Waals surface area contributed by atoms with Gasteiger partial charge in [0.1, 0.15) is 6.10 Å². The quantitative estimate of drug-likeness (QED) is 0.606. The highest BCUT2D eigenvalue weighted by atomic mass is 32.1. The minimum atomic E-state index is -0.423. The number of nitrogens with zero attached hydrogens (tertiary/aromatic N) is 2. The number of nitrogens with one attached hydrogen (secondary N) is 1. The number of carbonyl (C=O) groups is 2. The van der Waals surface area contributed by atoms with E-state index in [1.807, 2.05) is 24.3 Å². The highest BCUT2D eigenvalue weighted by molar-refractivity contribution is 7.22. The number of fused-ring (bicyclic) bond motifs is 1. The van der Waals surface area contributed by atoms with E-state index in [0.29, 0.717) is 29.5 Å². The van der Waals surface area contributed by atoms with Crippen molar-refractivity contribution in [3.8, 4) is 0 Å². The van der Waals surface area contributed by atoms with Crippen molar-refractivity contribution in [3.05, 3.63) is 54.1 Å². The lowest BCUT2D eigenvalue weighted by atomic mass is 10.1. The molecule has 1 N–H and O–H groups in total. The maximum atomic E-state index is 13.6. The monoisotopic (exact) mass is 451 g/mol. The van der Waals surface area contributed by atoms with Crippen LogP contribution in [0.2, 0.25) is 0 Å². The van der Waals surface area contributed by atoms with Crippen molar-refractivity contribution in [2.24, 2.45) is 0 Å². The normalized spacial score (nSPS) is 20.5. The van der Waals surface area contributed by atoms with Crippen LogP contribution in [0.3, 0.4) is 0 Å². The number of benzene rings is 2. The number of rotatable bonds is 6. The molecule has 8 heteroatoms. The van der Waals surface area contributed by atoms with Crippen LogP contribution in [0, 0.1) is 0 Å². The molecule has 2 unspecified atom stereocenters. The summed E-state index contributed by atoms with van der Waals surface area (Å²) in [6.07, 6.45) is 3.10. The van der Waals surface area contributed by atoms with Crippen LogP contribution in [0.15, 0.2) is 48.5 Å². The van der Waals surface area contributed by atoms with Crippen LogP contribution in [0.25, 0.3) is 10.2 Å². The van der Waals surface area contributed by atoms with Crippen molar-refractivity contribution in [2.45, 2.75) is 37.9 Å². The molecule has 2 aliphatic heterocycles. The van der Waals surface area contributed by atoms with Crippen LogP contribution < -0.4 is 10.2 Å². The Hall–Kier alpha value is -2.81. The molecule has 1 aromatic heterocycles. The number of hydrogen-bond donors (Lipinski definition) is 1. The van der Waals surface area contributed by atoms with Gasteiger partial charge < -0.3 is 14.8 Å². The molecule has 3 heterocycles. The Morgan fingerprint density at radius 1 is 1.06 bits per heavy atom. The Morgan fingerprint density at radius 2 is 1.91 bits per heavy atom. The Balaban J connectivity index is 1.40. The van der Waals surface area contributed by atoms with Gasteiger partial charge in [-0.25, -0.2) is 4.98 Å². The summed E-state index contributed by atoms with van der Waals surface area (Å²) in [6, 6.07) is 14.9. The highest BCUT2D eigenvalue weighted by Gasteiger charge is 2.28. The second-order valence-corrected chi connectivity index (χ2v) is 9.10. The minimum Gasteiger partial charge on any atom is -0.376 e. The summed E-state index contributed by atoms with van der Waals surface area (Å²) < 4.78 is 12.3. The number of aromatic nitrogens is 1. The molecule has 2 saturated heterocycles. The molecule has 0 radical (unpaired) electrons. The standard InChI is InChI=1S/C24H25N3O4S/c28-22(20-10-5-13-31-20)25-17-7-3-6-16(14-17)23(29)27(15-18-8-4-12-30-18)24-26-19-9-1-2-11-21(19)32-24/h1-3,6-7,9,11,14,18,20H,4-5,8,10,12-13,15H2,(H,25,28). The lowest BCUT2D eigenvalue weighted by Gasteiger charge is -2.23. The van der Waals surface area contributed by atoms with Gasteiger partial charge in [0.05, 0.1) is 22.9 Å². The van der Waals surface area contributed by atoms with Gasteiger partial charge in [0.2, 0.25) is 0 Å². The maximum Gasteiger partial charge on any atom is 0.260 e. The fourth-order valence-corrected chi connectivity index (χ4v) is 5.08. The van der Waals surface area contributed by atoms with Gasteiger partial charge in [0.25, 0.3) is 11.8 Å². The van der Waals surface area contributed by atoms with Crippen LogP contribution >= 0.6 is 11.3 Å². The van der Waals surface area contributed by atoms with Crippen molar-refractivity contribution in [3.63, 3.8) is 0 Å². The lowest BCUT2D eigenvalue weighted by Crippen LogP contribution is -2.37. The van der Waals surface area contributed by atoms with E-state index in [9.17, 15) is 9.59 Å². The van der Waals surface area contributed by atoms with Crippen molar-refractivity contribution in [1.29, 1.82) is 0 Å². The third-order valence-corrected chi connectivity index (χ3v) is 6.83. The first-order valence-electron chi connectivity index (χ1n) is 11.0. The van der Waals surface area contributed by atoms with Crippen LogP contribution in [0.4, 0.5) is 10.8 Å². The van der Waals surface area contributed by atoms with Crippen LogP contribution in [-0.4, -0.2) is 48.8 Å². The van der Waals surface area contributed by atoms with E-state index in [2.05, 4.69) is 5.32 Å². The number of carbonyl (C=O) groups excluding carboxylic acids is 2. The molecule has 0 saturated carbocycles. The van der Waals surface area contributed by atoms with Crippen LogP contribution in [-0.2, 0) is 14.3 Å². The number of thiazole rings is 1. The second-order valence-electron chi connectivity index (χ2n) is 8.09. The third kappa shape index (κ3) is 4.53. The first-order chi connectivity index (χ1) is 15.7. The SMILES string of the molecule is O=C(Nc1cccc(C(=O)N(CC2CCCO2)c2nc3ccccc3s2)c1)C1CCCO1. The lowest BCUT2D eigenvalue weighted by molar-refractivity contribution is -0.124. The fraction of sp³-hybridized carbons (Fsp3) is 0.375. The molecular formula is C24H25N3O4S. The number of ether oxygens (including phenoxy) is 2. The number of hydrogen-bond acceptors (Lipinski definition) is 6. The Kier molecular flexibility index (Phi) is 6.16. The highest BCUT2D eigenvalue weighted by Crippen LogP contribution is 2.31. The Labute approximate surface area is 190 Å². The van der Waals surface area contributed by atoms with Gasteiger partial charge in [-0.05, 0) is 56.0 Å². The first kappa shape index (κ1) is 21.1. The van der Waals surface area contributed by atoms with Crippen LogP contribution in [0.1, 0.15) is 36.0 Å². The third-order valence-electron chi connectivity index (χ3n) is 5.77. The number of anilines is 2. The van der Waals surface area contributed by atoms with Gasteiger partial charge in [-0.15, -0.1) is 0 Å². The van der Waals surface area contributed by atoms with Crippen LogP contribution in [0.5, 0.6) is 0 Å². The summed E-state index contributed by atoms with van der Waals surface area (Å²) in [5.74, 6) is -0.331. The molecule has 5 rings (SSSR count). The summed E-state index contributed by atoms with van der Waals surface area (Å²) >= 11 is 1.50. The van der Waals surface area contributed by atoms with Gasteiger partial charge >= 0.3 is 0 Å². The van der Waals surface area contributed by atoms with E-state index < -0.39 is 6.10 Å². The van der Waals surface area contributed by atoms with Crippen molar-refractivity contribution in [1.82, 2.24) is 4.98 Å². The van der Waals surface area contributed by atoms with Gasteiger partial charge in [-0.2, -0.15) is 0 Å². The second kappa shape index (κ2) is 9.36. The summed E-state index contributed by atoms with van der Waals surface area (Å²) in [5.41, 5.74) is 1.94. The van der Waals surface area contributed by atoms with Gasteiger partial charge in [-0.3, -0.25) is 14.5 Å². The zero-order valence-corrected chi connectivity index (χ0v) is 18.5. The Morgan fingerprint density at radius 3 is 2.69 bits per heavy atom. The predicted octanol–water partition coefficient (Wildman–Crippen LogP) is 4.24. The van der Waals surface area contributed by atoms with E-state index >= 15 is 0 Å². The van der Waals surface area contributed by atoms with Gasteiger partial charge in [0, 0.05) is 24.5 Å². The molecule has 2 aromatic carbocycles. The first-order valence-corrected chi connectivity index (χ1v) is 11.8. The molecule has 166 valence electrons. The molecule has 2 amide bonds. The zero-order valence-electron chi connectivity index (χ0n) is 17.7. The van der Waals surface area contributed by atoms with Crippen molar-refractivity contribution in [2.75, 3.05) is 30.0 Å². The summed E-state index contributed by atoms with van der Waals surface area (Å²) in [4.78, 5) is 32.4. The molecule has 3 aromatic rings. The molecule has 2 atom stereocenters. The zero-order chi connectivity index (χ0) is 21.9. The fourth-order valence-electron chi connectivity index (χ4n) is 4.11. The predicted molar refractivity (Wildman–Crippen MR) is 124 cm³/mol. The molecule has 0 bridgehead atoms. The topological polar surface area (TPSA) is 80.8 Å². The molecular weight excluding hydrogens is 426 g/mol. The van der Waals surface area contributed by atoms with E-state index in [0.717, 1.165) is 42.5 Å². The van der Waals surface area contributed by atoms with E-state index in [4.69, 9.17) is 14.5 Å². The maximum absolute atomic E-state index is 13.6. The van der Waals surface area contributed by atoms with E-state index in [1.165, 1.54) is 11.3 Å². The summed E-state index contributed by atoms with van der Waals surface area (Å²) in [6.45, 7) is 1.78. The van der Waals surface area contributed by atoms with Crippen molar-refractivity contribution >= 4 is 44.2 Å². The minimum absolute atomic E-state index is 0.00615. The van der Waals surface area contributed by atoms with Crippen molar-refractivity contribution < 1.29 is 19.1 Å². The smallest absolute Gasteiger partial charge is 0.260 e. The molecule has 32 heavy (non-hydrogen) atoms. The molecule has 7 nitrogen and oxygen atoms in total. The van der Waals surface area contributed by atoms with Gasteiger partial charge in [-0.1, -0.05) is 29.5 Å². The molecule has 0 spiro atoms. The Bertz CT molecular complexity index is 1090. The van der Waals surface area contributed by atoms with E-state index in [-0.39, 0.29) is 17.9 Å². The van der Waals surface area contributed by atoms with Gasteiger partial charge in [0.15, 0.2) is 5.13 Å². The molecule has 2 aliphatic rings. The number of amides is 2. The number of para-hydroxylation sites is 1. The molecule has 2 fully saturated rings. The summed E-state index contributed by atoms with van der Waals surface area (Å²) in [7, 11) is 0. The molecule has 0 aliphatic carbocycles.